The minimum atomic E-state index is -1.18. The van der Waals surface area contributed by atoms with E-state index in [1.807, 2.05) is 19.1 Å². The Labute approximate surface area is 153 Å². The molecule has 0 spiro atoms. The number of ether oxygens (including phenoxy) is 1. The number of amides is 2. The topological polar surface area (TPSA) is 75.7 Å². The summed E-state index contributed by atoms with van der Waals surface area (Å²) in [6.45, 7) is 5.41. The Morgan fingerprint density at radius 2 is 1.96 bits per heavy atom. The van der Waals surface area contributed by atoms with Gasteiger partial charge >= 0.3 is 5.97 Å². The molecule has 1 N–H and O–H groups in total. The van der Waals surface area contributed by atoms with Crippen LogP contribution in [0.1, 0.15) is 49.0 Å². The van der Waals surface area contributed by atoms with Gasteiger partial charge < -0.3 is 15.0 Å². The van der Waals surface area contributed by atoms with Gasteiger partial charge in [-0.15, -0.1) is 0 Å². The number of hydrogen-bond acceptors (Lipinski definition) is 4. The highest BCUT2D eigenvalue weighted by Gasteiger charge is 2.45. The van der Waals surface area contributed by atoms with E-state index in [1.165, 1.54) is 0 Å². The molecule has 3 rings (SSSR count). The van der Waals surface area contributed by atoms with Crippen LogP contribution in [0.4, 0.5) is 0 Å². The lowest BCUT2D eigenvalue weighted by molar-refractivity contribution is -0.153. The van der Waals surface area contributed by atoms with Crippen molar-refractivity contribution in [3.05, 3.63) is 35.4 Å². The van der Waals surface area contributed by atoms with Crippen molar-refractivity contribution in [3.8, 4) is 0 Å². The number of hydrogen-bond donors (Lipinski definition) is 1. The van der Waals surface area contributed by atoms with Crippen molar-refractivity contribution in [3.63, 3.8) is 0 Å². The second kappa shape index (κ2) is 7.48. The SMILES string of the molecule is CCCNC(=O)C1CCN(C(=O)C2(C)Cc3ccccc3C(=O)O2)CC1. The molecule has 2 aliphatic rings. The molecule has 2 aliphatic heterocycles. The Balaban J connectivity index is 1.64. The quantitative estimate of drug-likeness (QED) is 0.835. The van der Waals surface area contributed by atoms with Gasteiger partial charge in [0.1, 0.15) is 0 Å². The van der Waals surface area contributed by atoms with Crippen LogP contribution in [0.15, 0.2) is 24.3 Å². The van der Waals surface area contributed by atoms with Crippen LogP contribution in [0.25, 0.3) is 0 Å². The molecule has 1 atom stereocenters. The molecule has 26 heavy (non-hydrogen) atoms. The number of cyclic esters (lactones) is 1. The van der Waals surface area contributed by atoms with E-state index < -0.39 is 11.6 Å². The van der Waals surface area contributed by atoms with Gasteiger partial charge in [-0.3, -0.25) is 9.59 Å². The van der Waals surface area contributed by atoms with Gasteiger partial charge in [0.2, 0.25) is 5.91 Å². The van der Waals surface area contributed by atoms with Crippen molar-refractivity contribution in [2.75, 3.05) is 19.6 Å². The van der Waals surface area contributed by atoms with E-state index in [0.717, 1.165) is 12.0 Å². The molecule has 1 aromatic carbocycles. The van der Waals surface area contributed by atoms with Gasteiger partial charge in [0.05, 0.1) is 5.56 Å². The summed E-state index contributed by atoms with van der Waals surface area (Å²) >= 11 is 0. The number of piperidine rings is 1. The number of rotatable bonds is 4. The van der Waals surface area contributed by atoms with Crippen LogP contribution in [-0.2, 0) is 20.7 Å². The number of likely N-dealkylation sites (tertiary alicyclic amines) is 1. The second-order valence-corrected chi connectivity index (χ2v) is 7.31. The predicted molar refractivity (Wildman–Crippen MR) is 96.6 cm³/mol. The van der Waals surface area contributed by atoms with E-state index in [9.17, 15) is 14.4 Å². The number of benzene rings is 1. The third-order valence-electron chi connectivity index (χ3n) is 5.24. The minimum absolute atomic E-state index is 0.0481. The third-order valence-corrected chi connectivity index (χ3v) is 5.24. The van der Waals surface area contributed by atoms with Crippen molar-refractivity contribution in [2.45, 2.75) is 45.1 Å². The first kappa shape index (κ1) is 18.4. The molecule has 0 bridgehead atoms. The predicted octanol–water partition coefficient (Wildman–Crippen LogP) is 1.92. The lowest BCUT2D eigenvalue weighted by Crippen LogP contribution is -2.55. The zero-order valence-corrected chi connectivity index (χ0v) is 15.4. The van der Waals surface area contributed by atoms with Gasteiger partial charge in [-0.25, -0.2) is 4.79 Å². The molecule has 140 valence electrons. The summed E-state index contributed by atoms with van der Waals surface area (Å²) in [7, 11) is 0. The van der Waals surface area contributed by atoms with Crippen LogP contribution in [0, 0.1) is 5.92 Å². The van der Waals surface area contributed by atoms with E-state index in [2.05, 4.69) is 5.32 Å². The molecule has 6 nitrogen and oxygen atoms in total. The molecule has 1 saturated heterocycles. The van der Waals surface area contributed by atoms with E-state index in [1.54, 1.807) is 24.0 Å². The molecule has 1 aromatic rings. The van der Waals surface area contributed by atoms with Crippen molar-refractivity contribution >= 4 is 17.8 Å². The van der Waals surface area contributed by atoms with E-state index >= 15 is 0 Å². The first-order valence-corrected chi connectivity index (χ1v) is 9.33. The lowest BCUT2D eigenvalue weighted by atomic mass is 9.87. The van der Waals surface area contributed by atoms with Gasteiger partial charge in [-0.2, -0.15) is 0 Å². The molecule has 0 aromatic heterocycles. The molecule has 2 heterocycles. The zero-order valence-electron chi connectivity index (χ0n) is 15.4. The Bertz CT molecular complexity index is 710. The van der Waals surface area contributed by atoms with Gasteiger partial charge in [-0.1, -0.05) is 25.1 Å². The van der Waals surface area contributed by atoms with E-state index in [-0.39, 0.29) is 17.7 Å². The molecule has 1 fully saturated rings. The smallest absolute Gasteiger partial charge is 0.339 e. The highest BCUT2D eigenvalue weighted by Crippen LogP contribution is 2.31. The fourth-order valence-corrected chi connectivity index (χ4v) is 3.72. The van der Waals surface area contributed by atoms with Gasteiger partial charge in [-0.05, 0) is 37.8 Å². The standard InChI is InChI=1S/C20H26N2O4/c1-3-10-21-17(23)14-8-11-22(12-9-14)19(25)20(2)13-15-6-4-5-7-16(15)18(24)26-20/h4-7,14H,3,8-13H2,1-2H3,(H,21,23). The molecular weight excluding hydrogens is 332 g/mol. The number of carbonyl (C=O) groups excluding carboxylic acids is 3. The summed E-state index contributed by atoms with van der Waals surface area (Å²) in [6.07, 6.45) is 2.57. The Kier molecular flexibility index (Phi) is 5.30. The highest BCUT2D eigenvalue weighted by atomic mass is 16.6. The zero-order chi connectivity index (χ0) is 18.7. The maximum atomic E-state index is 13.0. The van der Waals surface area contributed by atoms with Crippen LogP contribution in [0.3, 0.4) is 0 Å². The number of esters is 1. The summed E-state index contributed by atoms with van der Waals surface area (Å²) < 4.78 is 5.53. The maximum absolute atomic E-state index is 13.0. The molecule has 6 heteroatoms. The Morgan fingerprint density at radius 3 is 2.65 bits per heavy atom. The lowest BCUT2D eigenvalue weighted by Gasteiger charge is -2.39. The third kappa shape index (κ3) is 3.59. The summed E-state index contributed by atoms with van der Waals surface area (Å²) in [5.74, 6) is -0.597. The van der Waals surface area contributed by atoms with Crippen molar-refractivity contribution in [1.29, 1.82) is 0 Å². The van der Waals surface area contributed by atoms with Crippen LogP contribution >= 0.6 is 0 Å². The molecule has 0 aliphatic carbocycles. The summed E-state index contributed by atoms with van der Waals surface area (Å²) in [5, 5.41) is 2.92. The van der Waals surface area contributed by atoms with Gasteiger partial charge in [0.15, 0.2) is 5.60 Å². The Morgan fingerprint density at radius 1 is 1.27 bits per heavy atom. The number of nitrogens with zero attached hydrogens (tertiary/aromatic N) is 1. The molecule has 0 radical (unpaired) electrons. The second-order valence-electron chi connectivity index (χ2n) is 7.31. The normalized spacial score (nSPS) is 23.2. The van der Waals surface area contributed by atoms with Gasteiger partial charge in [0, 0.05) is 32.0 Å². The first-order chi connectivity index (χ1) is 12.4. The number of carbonyl (C=O) groups is 3. The first-order valence-electron chi connectivity index (χ1n) is 9.33. The summed E-state index contributed by atoms with van der Waals surface area (Å²) in [4.78, 5) is 39.1. The van der Waals surface area contributed by atoms with Crippen molar-refractivity contribution in [2.24, 2.45) is 5.92 Å². The van der Waals surface area contributed by atoms with Crippen LogP contribution < -0.4 is 5.32 Å². The fraction of sp³-hybridized carbons (Fsp3) is 0.550. The Hall–Kier alpha value is -2.37. The minimum Gasteiger partial charge on any atom is -0.445 e. The van der Waals surface area contributed by atoms with Crippen LogP contribution in [0.2, 0.25) is 0 Å². The molecule has 2 amide bonds. The molecular formula is C20H26N2O4. The van der Waals surface area contributed by atoms with Crippen molar-refractivity contribution in [1.82, 2.24) is 10.2 Å². The van der Waals surface area contributed by atoms with Crippen LogP contribution in [-0.4, -0.2) is 47.9 Å². The van der Waals surface area contributed by atoms with Gasteiger partial charge in [0.25, 0.3) is 5.91 Å². The number of fused-ring (bicyclic) bond motifs is 1. The largest absolute Gasteiger partial charge is 0.445 e. The fourth-order valence-electron chi connectivity index (χ4n) is 3.72. The van der Waals surface area contributed by atoms with E-state index in [4.69, 9.17) is 4.74 Å². The monoisotopic (exact) mass is 358 g/mol. The average Bonchev–Trinajstić information content (AvgIpc) is 2.65. The average molecular weight is 358 g/mol. The highest BCUT2D eigenvalue weighted by molar-refractivity contribution is 5.97. The summed E-state index contributed by atoms with van der Waals surface area (Å²) in [6, 6.07) is 7.25. The molecule has 0 saturated carbocycles. The van der Waals surface area contributed by atoms with E-state index in [0.29, 0.717) is 44.5 Å². The maximum Gasteiger partial charge on any atom is 0.339 e. The molecule has 1 unspecified atom stereocenters. The van der Waals surface area contributed by atoms with Crippen LogP contribution in [0.5, 0.6) is 0 Å². The number of nitrogens with one attached hydrogen (secondary N) is 1. The summed E-state index contributed by atoms with van der Waals surface area (Å²) in [5.41, 5.74) is 0.195. The van der Waals surface area contributed by atoms with Crippen molar-refractivity contribution < 1.29 is 19.1 Å².